The van der Waals surface area contributed by atoms with Crippen molar-refractivity contribution >= 4 is 17.9 Å². The van der Waals surface area contributed by atoms with Crippen molar-refractivity contribution in [1.29, 1.82) is 0 Å². The highest BCUT2D eigenvalue weighted by atomic mass is 35.5. The number of hydrogen-bond acceptors (Lipinski definition) is 1. The summed E-state index contributed by atoms with van der Waals surface area (Å²) in [6, 6.07) is 3.56. The molecular formula is C10H8ClF3O. The second kappa shape index (κ2) is 4.66. The third-order valence-electron chi connectivity index (χ3n) is 1.91. The van der Waals surface area contributed by atoms with Crippen molar-refractivity contribution in [3.63, 3.8) is 0 Å². The summed E-state index contributed by atoms with van der Waals surface area (Å²) in [4.78, 5) is 10.1. The van der Waals surface area contributed by atoms with E-state index in [1.807, 2.05) is 0 Å². The molecule has 0 heterocycles. The molecule has 0 unspecified atom stereocenters. The van der Waals surface area contributed by atoms with Crippen molar-refractivity contribution in [1.82, 2.24) is 0 Å². The number of benzene rings is 1. The van der Waals surface area contributed by atoms with Gasteiger partial charge in [-0.3, -0.25) is 0 Å². The van der Waals surface area contributed by atoms with Crippen LogP contribution in [0.4, 0.5) is 13.2 Å². The van der Waals surface area contributed by atoms with Gasteiger partial charge in [-0.05, 0) is 24.1 Å². The molecule has 0 atom stereocenters. The fourth-order valence-electron chi connectivity index (χ4n) is 1.24. The minimum absolute atomic E-state index is 0.0391. The monoisotopic (exact) mass is 236 g/mol. The van der Waals surface area contributed by atoms with E-state index >= 15 is 0 Å². The quantitative estimate of drug-likeness (QED) is 0.735. The van der Waals surface area contributed by atoms with Crippen molar-refractivity contribution < 1.29 is 18.0 Å². The normalized spacial score (nSPS) is 11.5. The summed E-state index contributed by atoms with van der Waals surface area (Å²) in [5, 5.41) is 0.0391. The van der Waals surface area contributed by atoms with Crippen molar-refractivity contribution in [3.05, 3.63) is 34.3 Å². The van der Waals surface area contributed by atoms with Crippen LogP contribution in [0.1, 0.15) is 17.5 Å². The number of halogens is 4. The van der Waals surface area contributed by atoms with E-state index in [9.17, 15) is 18.0 Å². The fourth-order valence-corrected chi connectivity index (χ4v) is 1.42. The summed E-state index contributed by atoms with van der Waals surface area (Å²) in [5.41, 5.74) is -0.671. The van der Waals surface area contributed by atoms with E-state index in [0.29, 0.717) is 6.29 Å². The van der Waals surface area contributed by atoms with Crippen LogP contribution in [0.3, 0.4) is 0 Å². The maximum absolute atomic E-state index is 12.5. The van der Waals surface area contributed by atoms with Crippen LogP contribution < -0.4 is 0 Å². The van der Waals surface area contributed by atoms with E-state index in [2.05, 4.69) is 0 Å². The molecule has 15 heavy (non-hydrogen) atoms. The first-order valence-electron chi connectivity index (χ1n) is 4.24. The molecule has 0 saturated heterocycles. The zero-order chi connectivity index (χ0) is 11.5. The predicted molar refractivity (Wildman–Crippen MR) is 50.8 cm³/mol. The highest BCUT2D eigenvalue weighted by Crippen LogP contribution is 2.34. The number of carbonyl (C=O) groups is 1. The highest BCUT2D eigenvalue weighted by molar-refractivity contribution is 6.30. The molecule has 1 nitrogen and oxygen atoms in total. The SMILES string of the molecule is O=CCCc1ccc(Cl)cc1C(F)(F)F. The average Bonchev–Trinajstić information content (AvgIpc) is 2.14. The van der Waals surface area contributed by atoms with Gasteiger partial charge in [0.2, 0.25) is 0 Å². The van der Waals surface area contributed by atoms with E-state index in [-0.39, 0.29) is 23.4 Å². The molecule has 0 radical (unpaired) electrons. The summed E-state index contributed by atoms with van der Waals surface area (Å²) in [6.45, 7) is 0. The third kappa shape index (κ3) is 3.23. The van der Waals surface area contributed by atoms with Crippen LogP contribution in [0.5, 0.6) is 0 Å². The maximum Gasteiger partial charge on any atom is 0.416 e. The van der Waals surface area contributed by atoms with Gasteiger partial charge in [-0.2, -0.15) is 13.2 Å². The minimum Gasteiger partial charge on any atom is -0.303 e. The van der Waals surface area contributed by atoms with E-state index in [4.69, 9.17) is 11.6 Å². The Morgan fingerprint density at radius 2 is 2.00 bits per heavy atom. The fraction of sp³-hybridized carbons (Fsp3) is 0.300. The Balaban J connectivity index is 3.09. The van der Waals surface area contributed by atoms with Gasteiger partial charge in [0.25, 0.3) is 0 Å². The summed E-state index contributed by atoms with van der Waals surface area (Å²) in [5.74, 6) is 0. The molecule has 0 aromatic heterocycles. The third-order valence-corrected chi connectivity index (χ3v) is 2.14. The largest absolute Gasteiger partial charge is 0.416 e. The predicted octanol–water partition coefficient (Wildman–Crippen LogP) is 3.49. The Morgan fingerprint density at radius 1 is 1.33 bits per heavy atom. The van der Waals surface area contributed by atoms with Gasteiger partial charge < -0.3 is 4.79 Å². The lowest BCUT2D eigenvalue weighted by Gasteiger charge is -2.12. The van der Waals surface area contributed by atoms with Gasteiger partial charge in [0, 0.05) is 11.4 Å². The zero-order valence-electron chi connectivity index (χ0n) is 7.64. The molecule has 0 aliphatic heterocycles. The molecule has 1 rings (SSSR count). The first kappa shape index (κ1) is 12.0. The van der Waals surface area contributed by atoms with Crippen LogP contribution in [-0.2, 0) is 17.4 Å². The van der Waals surface area contributed by atoms with Crippen LogP contribution in [-0.4, -0.2) is 6.29 Å². The molecule has 1 aromatic rings. The Morgan fingerprint density at radius 3 is 2.53 bits per heavy atom. The van der Waals surface area contributed by atoms with Crippen LogP contribution in [0.15, 0.2) is 18.2 Å². The topological polar surface area (TPSA) is 17.1 Å². The van der Waals surface area contributed by atoms with Gasteiger partial charge in [0.15, 0.2) is 0 Å². The molecule has 0 saturated carbocycles. The lowest BCUT2D eigenvalue weighted by atomic mass is 10.0. The first-order chi connectivity index (χ1) is 6.95. The van der Waals surface area contributed by atoms with Crippen molar-refractivity contribution in [3.8, 4) is 0 Å². The number of rotatable bonds is 3. The van der Waals surface area contributed by atoms with E-state index in [1.54, 1.807) is 0 Å². The average molecular weight is 237 g/mol. The molecular weight excluding hydrogens is 229 g/mol. The molecule has 5 heteroatoms. The first-order valence-corrected chi connectivity index (χ1v) is 4.62. The van der Waals surface area contributed by atoms with Gasteiger partial charge >= 0.3 is 6.18 Å². The number of aryl methyl sites for hydroxylation is 1. The number of hydrogen-bond donors (Lipinski definition) is 0. The minimum atomic E-state index is -4.43. The van der Waals surface area contributed by atoms with E-state index < -0.39 is 11.7 Å². The van der Waals surface area contributed by atoms with Crippen molar-refractivity contribution in [2.45, 2.75) is 19.0 Å². The zero-order valence-corrected chi connectivity index (χ0v) is 8.40. The molecule has 82 valence electrons. The number of aldehydes is 1. The lowest BCUT2D eigenvalue weighted by Crippen LogP contribution is -2.09. The molecule has 0 fully saturated rings. The summed E-state index contributed by atoms with van der Waals surface area (Å²) < 4.78 is 37.5. The summed E-state index contributed by atoms with van der Waals surface area (Å²) in [6.07, 6.45) is -3.68. The molecule has 1 aromatic carbocycles. The molecule has 0 amide bonds. The number of alkyl halides is 3. The second-order valence-corrected chi connectivity index (χ2v) is 3.44. The highest BCUT2D eigenvalue weighted by Gasteiger charge is 2.33. The van der Waals surface area contributed by atoms with Crippen LogP contribution in [0, 0.1) is 0 Å². The second-order valence-electron chi connectivity index (χ2n) is 3.00. The van der Waals surface area contributed by atoms with Gasteiger partial charge in [-0.15, -0.1) is 0 Å². The smallest absolute Gasteiger partial charge is 0.303 e. The molecule has 0 bridgehead atoms. The Hall–Kier alpha value is -1.03. The molecule has 0 aliphatic carbocycles. The van der Waals surface area contributed by atoms with Gasteiger partial charge in [0.05, 0.1) is 5.56 Å². The standard InChI is InChI=1S/C10H8ClF3O/c11-8-4-3-7(2-1-5-15)9(6-8)10(12,13)14/h3-6H,1-2H2. The maximum atomic E-state index is 12.5. The molecule has 0 N–H and O–H groups in total. The van der Waals surface area contributed by atoms with Crippen molar-refractivity contribution in [2.75, 3.05) is 0 Å². The molecule has 0 spiro atoms. The van der Waals surface area contributed by atoms with Gasteiger partial charge in [-0.25, -0.2) is 0 Å². The van der Waals surface area contributed by atoms with Gasteiger partial charge in [-0.1, -0.05) is 17.7 Å². The van der Waals surface area contributed by atoms with E-state index in [1.165, 1.54) is 12.1 Å². The summed E-state index contributed by atoms with van der Waals surface area (Å²) in [7, 11) is 0. The summed E-state index contributed by atoms with van der Waals surface area (Å²) >= 11 is 5.49. The van der Waals surface area contributed by atoms with Crippen LogP contribution in [0.2, 0.25) is 5.02 Å². The van der Waals surface area contributed by atoms with Gasteiger partial charge in [0.1, 0.15) is 6.29 Å². The van der Waals surface area contributed by atoms with Crippen molar-refractivity contribution in [2.24, 2.45) is 0 Å². The van der Waals surface area contributed by atoms with Crippen LogP contribution in [0.25, 0.3) is 0 Å². The van der Waals surface area contributed by atoms with Crippen LogP contribution >= 0.6 is 11.6 Å². The Labute approximate surface area is 89.9 Å². The number of carbonyl (C=O) groups excluding carboxylic acids is 1. The Bertz CT molecular complexity index is 360. The molecule has 0 aliphatic rings. The van der Waals surface area contributed by atoms with E-state index in [0.717, 1.165) is 6.07 Å². The lowest BCUT2D eigenvalue weighted by molar-refractivity contribution is -0.138. The Kier molecular flexibility index (Phi) is 3.74.